The van der Waals surface area contributed by atoms with Crippen molar-refractivity contribution in [3.05, 3.63) is 35.9 Å². The lowest BCUT2D eigenvalue weighted by atomic mass is 9.87. The molecule has 6 nitrogen and oxygen atoms in total. The van der Waals surface area contributed by atoms with Crippen LogP contribution < -0.4 is 10.2 Å². The van der Waals surface area contributed by atoms with E-state index in [1.165, 1.54) is 41.6 Å². The molecule has 0 saturated heterocycles. The maximum absolute atomic E-state index is 13.4. The summed E-state index contributed by atoms with van der Waals surface area (Å²) in [6.45, 7) is 4.34. The number of amides is 1. The van der Waals surface area contributed by atoms with Crippen molar-refractivity contribution >= 4 is 17.7 Å². The highest BCUT2D eigenvalue weighted by Gasteiger charge is 2.24. The van der Waals surface area contributed by atoms with Gasteiger partial charge in [-0.05, 0) is 62.8 Å². The van der Waals surface area contributed by atoms with Gasteiger partial charge < -0.3 is 10.2 Å². The number of quaternary nitrogens is 1. The molecule has 0 aliphatic heterocycles. The second-order valence-corrected chi connectivity index (χ2v) is 9.21. The number of hydrogen-bond donors (Lipinski definition) is 2. The van der Waals surface area contributed by atoms with Crippen molar-refractivity contribution in [3.8, 4) is 5.69 Å². The van der Waals surface area contributed by atoms with Gasteiger partial charge in [-0.1, -0.05) is 18.7 Å². The monoisotopic (exact) mass is 420 g/mol. The van der Waals surface area contributed by atoms with E-state index in [9.17, 15) is 9.18 Å². The summed E-state index contributed by atoms with van der Waals surface area (Å²) in [4.78, 5) is 13.7. The predicted octanol–water partition coefficient (Wildman–Crippen LogP) is 2.40. The van der Waals surface area contributed by atoms with Crippen LogP contribution in [0.3, 0.4) is 0 Å². The molecule has 1 atom stereocenters. The second kappa shape index (κ2) is 9.71. The third-order valence-electron chi connectivity index (χ3n) is 5.71. The summed E-state index contributed by atoms with van der Waals surface area (Å²) < 4.78 is 15.3. The summed E-state index contributed by atoms with van der Waals surface area (Å²) >= 11 is 1.37. The molecule has 1 aromatic carbocycles. The number of nitrogens with one attached hydrogen (secondary N) is 2. The van der Waals surface area contributed by atoms with Gasteiger partial charge in [0.25, 0.3) is 0 Å². The van der Waals surface area contributed by atoms with E-state index in [4.69, 9.17) is 0 Å². The number of carbonyl (C=O) groups excluding carboxylic acids is 1. The fourth-order valence-electron chi connectivity index (χ4n) is 3.55. The Balaban J connectivity index is 1.73. The molecule has 0 spiro atoms. The van der Waals surface area contributed by atoms with Crippen molar-refractivity contribution in [1.82, 2.24) is 20.1 Å². The summed E-state index contributed by atoms with van der Waals surface area (Å²) in [5, 5.41) is 12.5. The fraction of sp³-hybridized carbons (Fsp3) is 0.571. The molecule has 1 saturated carbocycles. The molecule has 0 bridgehead atoms. The first-order valence-electron chi connectivity index (χ1n) is 10.3. The smallest absolute Gasteiger partial charge is 0.230 e. The van der Waals surface area contributed by atoms with Crippen LogP contribution in [-0.4, -0.2) is 46.6 Å². The van der Waals surface area contributed by atoms with Crippen LogP contribution in [0.4, 0.5) is 4.39 Å². The molecule has 29 heavy (non-hydrogen) atoms. The van der Waals surface area contributed by atoms with Crippen molar-refractivity contribution in [1.29, 1.82) is 0 Å². The minimum Gasteiger partial charge on any atom is -0.353 e. The Bertz CT molecular complexity index is 815. The second-order valence-electron chi connectivity index (χ2n) is 8.26. The van der Waals surface area contributed by atoms with Gasteiger partial charge in [0.1, 0.15) is 11.9 Å². The van der Waals surface area contributed by atoms with Crippen molar-refractivity contribution in [2.75, 3.05) is 19.8 Å². The van der Waals surface area contributed by atoms with Gasteiger partial charge in [-0.25, -0.2) is 4.39 Å². The molecule has 3 rings (SSSR count). The molecule has 8 heteroatoms. The fourth-order valence-corrected chi connectivity index (χ4v) is 4.32. The van der Waals surface area contributed by atoms with Gasteiger partial charge in [-0.2, -0.15) is 0 Å². The van der Waals surface area contributed by atoms with Gasteiger partial charge in [0.2, 0.25) is 5.91 Å². The largest absolute Gasteiger partial charge is 0.353 e. The Kier molecular flexibility index (Phi) is 7.29. The lowest BCUT2D eigenvalue weighted by Gasteiger charge is -2.26. The van der Waals surface area contributed by atoms with Crippen molar-refractivity contribution in [3.63, 3.8) is 0 Å². The Morgan fingerprint density at radius 1 is 1.24 bits per heavy atom. The van der Waals surface area contributed by atoms with Gasteiger partial charge in [0.05, 0.1) is 19.8 Å². The number of carbonyl (C=O) groups is 1. The average molecular weight is 421 g/mol. The Morgan fingerprint density at radius 2 is 1.90 bits per heavy atom. The maximum Gasteiger partial charge on any atom is 0.230 e. The van der Waals surface area contributed by atoms with Gasteiger partial charge >= 0.3 is 0 Å². The number of halogens is 1. The average Bonchev–Trinajstić information content (AvgIpc) is 3.12. The highest BCUT2D eigenvalue weighted by Crippen LogP contribution is 2.26. The lowest BCUT2D eigenvalue weighted by molar-refractivity contribution is -0.890. The molecule has 1 heterocycles. The number of nitrogens with zero attached hydrogens (tertiary/aromatic N) is 3. The topological polar surface area (TPSA) is 64.2 Å². The SMILES string of the molecule is CC1CCC(NC(=O)CSc2nnc([C@H](C)[NH+](C)C)n2-c2ccc(F)cc2)CC1. The molecule has 1 aliphatic rings. The van der Waals surface area contributed by atoms with Crippen LogP contribution >= 0.6 is 11.8 Å². The van der Waals surface area contributed by atoms with E-state index in [0.717, 1.165) is 30.3 Å². The van der Waals surface area contributed by atoms with E-state index in [2.05, 4.69) is 43.5 Å². The zero-order valence-corrected chi connectivity index (χ0v) is 18.4. The van der Waals surface area contributed by atoms with Gasteiger partial charge in [-0.3, -0.25) is 9.36 Å². The Morgan fingerprint density at radius 3 is 2.52 bits per heavy atom. The van der Waals surface area contributed by atoms with E-state index < -0.39 is 0 Å². The predicted molar refractivity (Wildman–Crippen MR) is 113 cm³/mol. The number of benzene rings is 1. The molecule has 2 aromatic rings. The van der Waals surface area contributed by atoms with Crippen LogP contribution in [0, 0.1) is 11.7 Å². The standard InChI is InChI=1S/C21H30FN5OS/c1-14-5-9-17(10-6-14)23-19(28)13-29-21-25-24-20(15(2)26(3)4)27(21)18-11-7-16(22)8-12-18/h7-8,11-12,14-15,17H,5-6,9-10,13H2,1-4H3,(H,23,28)/p+1/t14?,15-,17?/m0/s1. The van der Waals surface area contributed by atoms with E-state index in [1.54, 1.807) is 12.1 Å². The van der Waals surface area contributed by atoms with Gasteiger partial charge in [-0.15, -0.1) is 10.2 Å². The van der Waals surface area contributed by atoms with E-state index in [-0.39, 0.29) is 29.6 Å². The molecule has 0 radical (unpaired) electrons. The van der Waals surface area contributed by atoms with Crippen LogP contribution in [0.5, 0.6) is 0 Å². The number of aromatic nitrogens is 3. The highest BCUT2D eigenvalue weighted by atomic mass is 32.2. The lowest BCUT2D eigenvalue weighted by Crippen LogP contribution is -3.05. The van der Waals surface area contributed by atoms with Crippen LogP contribution in [0.15, 0.2) is 29.4 Å². The zero-order chi connectivity index (χ0) is 21.0. The minimum atomic E-state index is -0.287. The van der Waals surface area contributed by atoms with Crippen LogP contribution in [-0.2, 0) is 4.79 Å². The Labute approximate surface area is 176 Å². The molecule has 158 valence electrons. The molecule has 2 N–H and O–H groups in total. The summed E-state index contributed by atoms with van der Waals surface area (Å²) in [7, 11) is 4.11. The first-order valence-corrected chi connectivity index (χ1v) is 11.3. The molecule has 1 aliphatic carbocycles. The third kappa shape index (κ3) is 5.57. The van der Waals surface area contributed by atoms with Crippen LogP contribution in [0.2, 0.25) is 0 Å². The quantitative estimate of drug-likeness (QED) is 0.675. The van der Waals surface area contributed by atoms with E-state index in [1.807, 2.05) is 4.57 Å². The van der Waals surface area contributed by atoms with E-state index >= 15 is 0 Å². The number of hydrogen-bond acceptors (Lipinski definition) is 4. The van der Waals surface area contributed by atoms with Crippen molar-refractivity contribution in [2.24, 2.45) is 5.92 Å². The third-order valence-corrected chi connectivity index (χ3v) is 6.64. The van der Waals surface area contributed by atoms with E-state index in [0.29, 0.717) is 5.16 Å². The summed E-state index contributed by atoms with van der Waals surface area (Å²) in [6, 6.07) is 6.66. The summed E-state index contributed by atoms with van der Waals surface area (Å²) in [6.07, 6.45) is 4.45. The van der Waals surface area contributed by atoms with Crippen LogP contribution in [0.1, 0.15) is 51.4 Å². The Hall–Kier alpha value is -1.93. The van der Waals surface area contributed by atoms with Crippen molar-refractivity contribution in [2.45, 2.75) is 56.8 Å². The molecule has 1 amide bonds. The normalized spacial score (nSPS) is 20.6. The van der Waals surface area contributed by atoms with Crippen LogP contribution in [0.25, 0.3) is 5.69 Å². The summed E-state index contributed by atoms with van der Waals surface area (Å²) in [5.41, 5.74) is 0.795. The maximum atomic E-state index is 13.4. The first-order chi connectivity index (χ1) is 13.8. The minimum absolute atomic E-state index is 0.0241. The molecular weight excluding hydrogens is 389 g/mol. The number of thioether (sulfide) groups is 1. The molecule has 0 unspecified atom stereocenters. The first kappa shape index (κ1) is 21.8. The van der Waals surface area contributed by atoms with Gasteiger partial charge in [0, 0.05) is 11.7 Å². The molecular formula is C21H31FN5OS+. The van der Waals surface area contributed by atoms with Gasteiger partial charge in [0.15, 0.2) is 11.0 Å². The summed E-state index contributed by atoms with van der Waals surface area (Å²) in [5.74, 6) is 1.57. The highest BCUT2D eigenvalue weighted by molar-refractivity contribution is 7.99. The zero-order valence-electron chi connectivity index (χ0n) is 17.6. The molecule has 1 fully saturated rings. The van der Waals surface area contributed by atoms with Crippen molar-refractivity contribution < 1.29 is 14.1 Å². The molecule has 1 aromatic heterocycles. The number of rotatable bonds is 7.